The Balaban J connectivity index is 1.60. The Bertz CT molecular complexity index is 1070. The summed E-state index contributed by atoms with van der Waals surface area (Å²) in [5.41, 5.74) is 6.83. The number of rotatable bonds is 7. The van der Waals surface area contributed by atoms with Crippen LogP contribution >= 0.6 is 12.2 Å². The molecule has 0 radical (unpaired) electrons. The van der Waals surface area contributed by atoms with E-state index in [4.69, 9.17) is 27.1 Å². The van der Waals surface area contributed by atoms with E-state index in [0.717, 1.165) is 5.56 Å². The molecule has 0 saturated carbocycles. The normalized spacial score (nSPS) is 10.3. The lowest BCUT2D eigenvalue weighted by molar-refractivity contribution is 0.0996. The van der Waals surface area contributed by atoms with Gasteiger partial charge in [0.05, 0.1) is 18.4 Å². The Morgan fingerprint density at radius 2 is 1.93 bits per heavy atom. The quantitative estimate of drug-likeness (QED) is 0.431. The molecule has 3 rings (SSSR count). The molecule has 1 aromatic heterocycles. The van der Waals surface area contributed by atoms with Gasteiger partial charge in [-0.2, -0.15) is 0 Å². The smallest absolute Gasteiger partial charge is 0.317 e. The molecule has 5 N–H and O–H groups in total. The molecule has 8 nitrogen and oxygen atoms in total. The van der Waals surface area contributed by atoms with Crippen LogP contribution in [-0.2, 0) is 6.42 Å². The summed E-state index contributed by atoms with van der Waals surface area (Å²) >= 11 is 5.00. The average Bonchev–Trinajstić information content (AvgIpc) is 3.24. The zero-order valence-electron chi connectivity index (χ0n) is 15.8. The third-order valence-corrected chi connectivity index (χ3v) is 4.42. The fourth-order valence-electron chi connectivity index (χ4n) is 2.70. The molecule has 0 aliphatic carbocycles. The summed E-state index contributed by atoms with van der Waals surface area (Å²) in [6.07, 6.45) is 1.95. The van der Waals surface area contributed by atoms with Gasteiger partial charge >= 0.3 is 6.03 Å². The number of hydrogen-bond donors (Lipinski definition) is 4. The van der Waals surface area contributed by atoms with E-state index in [1.807, 2.05) is 18.2 Å². The summed E-state index contributed by atoms with van der Waals surface area (Å²) in [5, 5.41) is 15.2. The summed E-state index contributed by atoms with van der Waals surface area (Å²) in [4.78, 5) is 23.1. The molecule has 30 heavy (non-hydrogen) atoms. The Kier molecular flexibility index (Phi) is 6.66. The van der Waals surface area contributed by atoms with Crippen LogP contribution < -0.4 is 21.1 Å². The first-order valence-electron chi connectivity index (χ1n) is 8.93. The van der Waals surface area contributed by atoms with Gasteiger partial charge in [-0.1, -0.05) is 30.4 Å². The first kappa shape index (κ1) is 20.9. The van der Waals surface area contributed by atoms with Crippen molar-refractivity contribution in [3.05, 3.63) is 77.7 Å². The Hall–Kier alpha value is -3.85. The van der Waals surface area contributed by atoms with Crippen LogP contribution in [-0.4, -0.2) is 28.6 Å². The Morgan fingerprint density at radius 3 is 2.63 bits per heavy atom. The molecule has 2 aromatic carbocycles. The maximum Gasteiger partial charge on any atom is 0.317 e. The second-order valence-corrected chi connectivity index (χ2v) is 6.59. The molecule has 3 amide bonds. The highest BCUT2D eigenvalue weighted by atomic mass is 32.1. The van der Waals surface area contributed by atoms with Crippen LogP contribution in [0.3, 0.4) is 0 Å². The number of amides is 3. The van der Waals surface area contributed by atoms with Crippen molar-refractivity contribution in [3.63, 3.8) is 0 Å². The van der Waals surface area contributed by atoms with Crippen LogP contribution in [0.4, 0.5) is 10.5 Å². The van der Waals surface area contributed by atoms with Gasteiger partial charge in [-0.25, -0.2) is 4.79 Å². The molecular formula is C21H19N3O5S. The second-order valence-electron chi connectivity index (χ2n) is 6.18. The molecule has 0 atom stereocenters. The standard InChI is InChI=1S/C21H19N3O5S/c22-21(27)24-20(30)15-8-7-14(12-17(15)25)28-11-9-13-4-1-2-5-16(13)23-19(26)18-6-3-10-29-18/h1-8,10,12,25H,9,11H2,(H,23,26)(H3,22,24,27,30). The van der Waals surface area contributed by atoms with Gasteiger partial charge in [-0.15, -0.1) is 0 Å². The topological polar surface area (TPSA) is 127 Å². The molecule has 0 aliphatic heterocycles. The molecule has 0 saturated heterocycles. The van der Waals surface area contributed by atoms with E-state index in [1.165, 1.54) is 18.4 Å². The SMILES string of the molecule is NC(=O)NC(=S)c1ccc(OCCc2ccccc2NC(=O)c2ccco2)cc1O. The zero-order chi connectivity index (χ0) is 21.5. The number of hydrogen-bond acceptors (Lipinski definition) is 6. The van der Waals surface area contributed by atoms with Crippen LogP contribution in [0.15, 0.2) is 65.3 Å². The lowest BCUT2D eigenvalue weighted by Gasteiger charge is -2.12. The monoisotopic (exact) mass is 425 g/mol. The van der Waals surface area contributed by atoms with Crippen molar-refractivity contribution >= 4 is 34.8 Å². The Morgan fingerprint density at radius 1 is 1.13 bits per heavy atom. The Labute approximate surface area is 177 Å². The molecule has 0 fully saturated rings. The van der Waals surface area contributed by atoms with Gasteiger partial charge in [0.2, 0.25) is 0 Å². The number of carbonyl (C=O) groups is 2. The van der Waals surface area contributed by atoms with E-state index in [-0.39, 0.29) is 28.0 Å². The number of aromatic hydroxyl groups is 1. The molecule has 3 aromatic rings. The van der Waals surface area contributed by atoms with Crippen LogP contribution in [0.25, 0.3) is 0 Å². The number of ether oxygens (including phenoxy) is 1. The van der Waals surface area contributed by atoms with Crippen molar-refractivity contribution < 1.29 is 23.8 Å². The number of phenolic OH excluding ortho intramolecular Hbond substituents is 1. The van der Waals surface area contributed by atoms with E-state index in [2.05, 4.69) is 10.6 Å². The number of phenols is 1. The molecule has 0 bridgehead atoms. The van der Waals surface area contributed by atoms with Crippen LogP contribution in [0, 0.1) is 0 Å². The zero-order valence-corrected chi connectivity index (χ0v) is 16.6. The highest BCUT2D eigenvalue weighted by molar-refractivity contribution is 7.80. The van der Waals surface area contributed by atoms with Crippen LogP contribution in [0.1, 0.15) is 21.7 Å². The summed E-state index contributed by atoms with van der Waals surface area (Å²) in [6, 6.07) is 14.3. The third-order valence-electron chi connectivity index (χ3n) is 4.10. The second kappa shape index (κ2) is 9.57. The fraction of sp³-hybridized carbons (Fsp3) is 0.0952. The first-order chi connectivity index (χ1) is 14.4. The van der Waals surface area contributed by atoms with Gasteiger partial charge in [-0.3, -0.25) is 10.1 Å². The summed E-state index contributed by atoms with van der Waals surface area (Å²) in [5.74, 6) is 0.169. The molecule has 0 aliphatic rings. The highest BCUT2D eigenvalue weighted by Gasteiger charge is 2.12. The minimum absolute atomic E-state index is 0.0211. The van der Waals surface area contributed by atoms with Gasteiger partial charge in [0.25, 0.3) is 5.91 Å². The van der Waals surface area contributed by atoms with Crippen molar-refractivity contribution in [1.29, 1.82) is 0 Å². The molecule has 154 valence electrons. The lowest BCUT2D eigenvalue weighted by atomic mass is 10.1. The van der Waals surface area contributed by atoms with Crippen molar-refractivity contribution in [2.45, 2.75) is 6.42 Å². The van der Waals surface area contributed by atoms with Crippen LogP contribution in [0.2, 0.25) is 0 Å². The molecule has 1 heterocycles. The highest BCUT2D eigenvalue weighted by Crippen LogP contribution is 2.24. The van der Waals surface area contributed by atoms with Gasteiger partial charge in [0.1, 0.15) is 16.5 Å². The number of nitrogens with two attached hydrogens (primary N) is 1. The molecule has 9 heteroatoms. The lowest BCUT2D eigenvalue weighted by Crippen LogP contribution is -2.34. The van der Waals surface area contributed by atoms with E-state index < -0.39 is 6.03 Å². The average molecular weight is 425 g/mol. The minimum atomic E-state index is -0.808. The van der Waals surface area contributed by atoms with E-state index >= 15 is 0 Å². The molecule has 0 unspecified atom stereocenters. The predicted octanol–water partition coefficient (Wildman–Crippen LogP) is 3.20. The number of benzene rings is 2. The number of thiocarbonyl (C=S) groups is 1. The number of furan rings is 1. The molecular weight excluding hydrogens is 406 g/mol. The number of urea groups is 1. The summed E-state index contributed by atoms with van der Waals surface area (Å²) in [7, 11) is 0. The van der Waals surface area contributed by atoms with Gasteiger partial charge in [0.15, 0.2) is 5.76 Å². The number of nitrogens with one attached hydrogen (secondary N) is 2. The van der Waals surface area contributed by atoms with Crippen molar-refractivity contribution in [3.8, 4) is 11.5 Å². The van der Waals surface area contributed by atoms with Crippen LogP contribution in [0.5, 0.6) is 11.5 Å². The van der Waals surface area contributed by atoms with E-state index in [9.17, 15) is 14.7 Å². The van der Waals surface area contributed by atoms with Crippen molar-refractivity contribution in [1.82, 2.24) is 5.32 Å². The summed E-state index contributed by atoms with van der Waals surface area (Å²) in [6.45, 7) is 0.302. The van der Waals surface area contributed by atoms with Gasteiger partial charge in [-0.05, 0) is 35.9 Å². The van der Waals surface area contributed by atoms with E-state index in [0.29, 0.717) is 24.5 Å². The number of primary amides is 1. The number of para-hydroxylation sites is 1. The number of carbonyl (C=O) groups excluding carboxylic acids is 2. The minimum Gasteiger partial charge on any atom is -0.507 e. The maximum absolute atomic E-state index is 12.2. The first-order valence-corrected chi connectivity index (χ1v) is 9.34. The van der Waals surface area contributed by atoms with Gasteiger partial charge in [0, 0.05) is 18.2 Å². The maximum atomic E-state index is 12.2. The molecule has 0 spiro atoms. The van der Waals surface area contributed by atoms with E-state index in [1.54, 1.807) is 24.3 Å². The fourth-order valence-corrected chi connectivity index (χ4v) is 2.98. The van der Waals surface area contributed by atoms with Crippen molar-refractivity contribution in [2.24, 2.45) is 5.73 Å². The number of anilines is 1. The van der Waals surface area contributed by atoms with Gasteiger partial charge < -0.3 is 25.3 Å². The predicted molar refractivity (Wildman–Crippen MR) is 115 cm³/mol. The largest absolute Gasteiger partial charge is 0.507 e. The van der Waals surface area contributed by atoms with Crippen molar-refractivity contribution in [2.75, 3.05) is 11.9 Å². The third kappa shape index (κ3) is 5.36. The summed E-state index contributed by atoms with van der Waals surface area (Å²) < 4.78 is 10.8.